The van der Waals surface area contributed by atoms with Gasteiger partial charge in [-0.25, -0.2) is 0 Å². The Balaban J connectivity index is 2.05. The number of fused-ring (bicyclic) bond motifs is 1. The second-order valence-electron chi connectivity index (χ2n) is 6.97. The number of carbonyl (C=O) groups excluding carboxylic acids is 2. The predicted octanol–water partition coefficient (Wildman–Crippen LogP) is 3.81. The average Bonchev–Trinajstić information content (AvgIpc) is 2.80. The molecule has 2 aromatic rings. The Bertz CT molecular complexity index is 1010. The summed E-state index contributed by atoms with van der Waals surface area (Å²) in [5.41, 5.74) is 2.43. The van der Waals surface area contributed by atoms with Crippen LogP contribution < -0.4 is 4.90 Å². The van der Waals surface area contributed by atoms with Gasteiger partial charge in [0.15, 0.2) is 11.4 Å². The van der Waals surface area contributed by atoms with Gasteiger partial charge >= 0.3 is 0 Å². The minimum atomic E-state index is -1.93. The fourth-order valence-corrected chi connectivity index (χ4v) is 3.89. The van der Waals surface area contributed by atoms with E-state index < -0.39 is 11.5 Å². The van der Waals surface area contributed by atoms with Crippen molar-refractivity contribution in [2.24, 2.45) is 0 Å². The highest BCUT2D eigenvalue weighted by Crippen LogP contribution is 2.44. The second kappa shape index (κ2) is 6.95. The first-order valence-corrected chi connectivity index (χ1v) is 9.37. The molecule has 1 unspecified atom stereocenters. The zero-order valence-electron chi connectivity index (χ0n) is 15.5. The third kappa shape index (κ3) is 3.20. The molecule has 138 valence electrons. The van der Waals surface area contributed by atoms with Gasteiger partial charge in [-0.3, -0.25) is 14.5 Å². The highest BCUT2D eigenvalue weighted by Gasteiger charge is 2.51. The molecule has 0 saturated carbocycles. The van der Waals surface area contributed by atoms with Gasteiger partial charge in [-0.05, 0) is 61.7 Å². The van der Waals surface area contributed by atoms with E-state index in [1.54, 1.807) is 18.2 Å². The minimum absolute atomic E-state index is 0.0344. The van der Waals surface area contributed by atoms with E-state index in [1.807, 2.05) is 32.9 Å². The molecule has 0 radical (unpaired) electrons. The molecule has 0 fully saturated rings. The minimum Gasteiger partial charge on any atom is -0.375 e. The first kappa shape index (κ1) is 19.3. The van der Waals surface area contributed by atoms with Crippen molar-refractivity contribution < 1.29 is 14.7 Å². The van der Waals surface area contributed by atoms with Crippen molar-refractivity contribution in [3.05, 3.63) is 62.6 Å². The lowest BCUT2D eigenvalue weighted by Crippen LogP contribution is -2.42. The summed E-state index contributed by atoms with van der Waals surface area (Å²) >= 11 is 3.37. The Labute approximate surface area is 167 Å². The number of nitrogens with zero attached hydrogens (tertiary/aromatic N) is 1. The number of ketones is 1. The number of hydrogen-bond acceptors (Lipinski definition) is 3. The summed E-state index contributed by atoms with van der Waals surface area (Å²) < 4.78 is 0.713. The summed E-state index contributed by atoms with van der Waals surface area (Å²) in [6.07, 6.45) is 5.05. The standard InChI is InChI=1S/C22H20BrNO3/c1-5-8-24-19-7-6-16(23)11-18(19)22(27,21(24)26)12-20(25)17-10-14(3)13(2)9-15(17)4/h1,6-7,9-11,27H,8,12H2,2-4H3. The molecule has 0 aliphatic carbocycles. The zero-order valence-corrected chi connectivity index (χ0v) is 17.1. The topological polar surface area (TPSA) is 57.6 Å². The molecule has 5 heteroatoms. The summed E-state index contributed by atoms with van der Waals surface area (Å²) in [6, 6.07) is 8.93. The molecule has 1 N–H and O–H groups in total. The van der Waals surface area contributed by atoms with Crippen LogP contribution in [-0.4, -0.2) is 23.3 Å². The molecule has 2 aromatic carbocycles. The maximum atomic E-state index is 13.0. The largest absolute Gasteiger partial charge is 0.375 e. The number of aliphatic hydroxyl groups is 1. The molecule has 1 aliphatic rings. The summed E-state index contributed by atoms with van der Waals surface area (Å²) in [5, 5.41) is 11.3. The van der Waals surface area contributed by atoms with Gasteiger partial charge in [0.2, 0.25) is 0 Å². The van der Waals surface area contributed by atoms with Crippen LogP contribution in [-0.2, 0) is 10.4 Å². The second-order valence-corrected chi connectivity index (χ2v) is 7.88. The number of anilines is 1. The van der Waals surface area contributed by atoms with E-state index in [2.05, 4.69) is 21.9 Å². The third-order valence-corrected chi connectivity index (χ3v) is 5.59. The van der Waals surface area contributed by atoms with Gasteiger partial charge in [0.05, 0.1) is 18.7 Å². The first-order valence-electron chi connectivity index (χ1n) is 8.58. The average molecular weight is 426 g/mol. The van der Waals surface area contributed by atoms with Crippen molar-refractivity contribution in [2.45, 2.75) is 32.8 Å². The number of amides is 1. The fraction of sp³-hybridized carbons (Fsp3) is 0.273. The fourth-order valence-electron chi connectivity index (χ4n) is 3.53. The van der Waals surface area contributed by atoms with E-state index in [1.165, 1.54) is 4.90 Å². The van der Waals surface area contributed by atoms with Crippen LogP contribution in [0, 0.1) is 33.1 Å². The van der Waals surface area contributed by atoms with Gasteiger partial charge < -0.3 is 5.11 Å². The Kier molecular flexibility index (Phi) is 4.98. The SMILES string of the molecule is C#CCN1C(=O)C(O)(CC(=O)c2cc(C)c(C)cc2C)c2cc(Br)ccc21. The number of rotatable bonds is 4. The number of aryl methyl sites for hydroxylation is 3. The smallest absolute Gasteiger partial charge is 0.265 e. The summed E-state index contributed by atoms with van der Waals surface area (Å²) in [7, 11) is 0. The molecule has 0 aromatic heterocycles. The molecule has 1 atom stereocenters. The first-order chi connectivity index (χ1) is 12.7. The van der Waals surface area contributed by atoms with Crippen molar-refractivity contribution in [2.75, 3.05) is 11.4 Å². The molecule has 0 bridgehead atoms. The molecule has 3 rings (SSSR count). The summed E-state index contributed by atoms with van der Waals surface area (Å²) in [4.78, 5) is 27.3. The quantitative estimate of drug-likeness (QED) is 0.598. The number of hydrogen-bond donors (Lipinski definition) is 1. The van der Waals surface area contributed by atoms with Crippen LogP contribution in [0.4, 0.5) is 5.69 Å². The van der Waals surface area contributed by atoms with Crippen molar-refractivity contribution in [3.63, 3.8) is 0 Å². The van der Waals surface area contributed by atoms with E-state index in [0.717, 1.165) is 16.7 Å². The van der Waals surface area contributed by atoms with Gasteiger partial charge in [0, 0.05) is 15.6 Å². The highest BCUT2D eigenvalue weighted by molar-refractivity contribution is 9.10. The van der Waals surface area contributed by atoms with Crippen LogP contribution in [0.2, 0.25) is 0 Å². The van der Waals surface area contributed by atoms with Gasteiger partial charge in [-0.2, -0.15) is 0 Å². The van der Waals surface area contributed by atoms with E-state index in [9.17, 15) is 14.7 Å². The Morgan fingerprint density at radius 1 is 1.19 bits per heavy atom. The van der Waals surface area contributed by atoms with Crippen LogP contribution in [0.3, 0.4) is 0 Å². The molecular formula is C22H20BrNO3. The number of benzene rings is 2. The van der Waals surface area contributed by atoms with E-state index in [4.69, 9.17) is 6.42 Å². The predicted molar refractivity (Wildman–Crippen MR) is 109 cm³/mol. The lowest BCUT2D eigenvalue weighted by molar-refractivity contribution is -0.135. The van der Waals surface area contributed by atoms with Crippen LogP contribution in [0.25, 0.3) is 0 Å². The normalized spacial score (nSPS) is 18.4. The van der Waals surface area contributed by atoms with Gasteiger partial charge in [-0.15, -0.1) is 6.42 Å². The molecule has 1 aliphatic heterocycles. The van der Waals surface area contributed by atoms with Crippen molar-refractivity contribution >= 4 is 33.3 Å². The van der Waals surface area contributed by atoms with Crippen LogP contribution >= 0.6 is 15.9 Å². The van der Waals surface area contributed by atoms with Gasteiger partial charge in [-0.1, -0.05) is 27.9 Å². The molecular weight excluding hydrogens is 406 g/mol. The number of terminal acetylenes is 1. The van der Waals surface area contributed by atoms with Crippen molar-refractivity contribution in [1.29, 1.82) is 0 Å². The van der Waals surface area contributed by atoms with Crippen LogP contribution in [0.1, 0.15) is 39.0 Å². The molecule has 4 nitrogen and oxygen atoms in total. The van der Waals surface area contributed by atoms with E-state index in [0.29, 0.717) is 21.3 Å². The molecule has 1 heterocycles. The maximum absolute atomic E-state index is 13.0. The van der Waals surface area contributed by atoms with Gasteiger partial charge in [0.1, 0.15) is 0 Å². The number of carbonyl (C=O) groups is 2. The van der Waals surface area contributed by atoms with E-state index >= 15 is 0 Å². The lowest BCUT2D eigenvalue weighted by atomic mass is 9.86. The van der Waals surface area contributed by atoms with Crippen LogP contribution in [0.5, 0.6) is 0 Å². The third-order valence-electron chi connectivity index (χ3n) is 5.10. The number of Topliss-reactive ketones (excluding diaryl/α,β-unsaturated/α-hetero) is 1. The van der Waals surface area contributed by atoms with Crippen LogP contribution in [0.15, 0.2) is 34.8 Å². The van der Waals surface area contributed by atoms with Crippen molar-refractivity contribution in [1.82, 2.24) is 0 Å². The summed E-state index contributed by atoms with van der Waals surface area (Å²) in [5.74, 6) is 1.59. The monoisotopic (exact) mass is 425 g/mol. The Morgan fingerprint density at radius 3 is 2.52 bits per heavy atom. The molecule has 0 saturated heterocycles. The van der Waals surface area contributed by atoms with E-state index in [-0.39, 0.29) is 18.7 Å². The zero-order chi connectivity index (χ0) is 19.9. The van der Waals surface area contributed by atoms with Crippen molar-refractivity contribution in [3.8, 4) is 12.3 Å². The number of halogens is 1. The molecule has 0 spiro atoms. The molecule has 27 heavy (non-hydrogen) atoms. The Hall–Kier alpha value is -2.42. The van der Waals surface area contributed by atoms with Gasteiger partial charge in [0.25, 0.3) is 5.91 Å². The Morgan fingerprint density at radius 2 is 1.85 bits per heavy atom. The highest BCUT2D eigenvalue weighted by atomic mass is 79.9. The lowest BCUT2D eigenvalue weighted by Gasteiger charge is -2.22. The molecule has 1 amide bonds. The summed E-state index contributed by atoms with van der Waals surface area (Å²) in [6.45, 7) is 5.81. The maximum Gasteiger partial charge on any atom is 0.265 e.